The Labute approximate surface area is 182 Å². The number of piperidine rings is 1. The summed E-state index contributed by atoms with van der Waals surface area (Å²) in [5, 5.41) is 6.76. The molecule has 0 radical (unpaired) electrons. The monoisotopic (exact) mass is 438 g/mol. The van der Waals surface area contributed by atoms with Gasteiger partial charge in [0.1, 0.15) is 5.75 Å². The fourth-order valence-corrected chi connectivity index (χ4v) is 4.42. The molecule has 8 heteroatoms. The Morgan fingerprint density at radius 3 is 2.43 bits per heavy atom. The van der Waals surface area contributed by atoms with Gasteiger partial charge < -0.3 is 15.4 Å². The highest BCUT2D eigenvalue weighted by molar-refractivity contribution is 7.89. The van der Waals surface area contributed by atoms with Crippen LogP contribution in [0.1, 0.15) is 46.1 Å². The molecule has 2 rings (SSSR count). The van der Waals surface area contributed by atoms with Crippen LogP contribution in [0.5, 0.6) is 5.75 Å². The normalized spacial score (nSPS) is 16.6. The zero-order chi connectivity index (χ0) is 22.0. The summed E-state index contributed by atoms with van der Waals surface area (Å²) in [7, 11) is -3.09. The summed E-state index contributed by atoms with van der Waals surface area (Å²) in [6.45, 7) is 11.4. The van der Waals surface area contributed by atoms with E-state index < -0.39 is 10.0 Å². The van der Waals surface area contributed by atoms with E-state index in [1.807, 2.05) is 19.1 Å². The second-order valence-electron chi connectivity index (χ2n) is 8.08. The number of hydrogen-bond donors (Lipinski definition) is 2. The van der Waals surface area contributed by atoms with Gasteiger partial charge in [-0.15, -0.1) is 0 Å². The summed E-state index contributed by atoms with van der Waals surface area (Å²) in [6, 6.07) is 8.46. The first kappa shape index (κ1) is 24.5. The Morgan fingerprint density at radius 2 is 1.87 bits per heavy atom. The predicted molar refractivity (Wildman–Crippen MR) is 124 cm³/mol. The summed E-state index contributed by atoms with van der Waals surface area (Å²) in [5.74, 6) is 2.38. The van der Waals surface area contributed by atoms with E-state index in [0.29, 0.717) is 25.6 Å². The number of sulfonamides is 1. The minimum Gasteiger partial charge on any atom is -0.493 e. The molecule has 0 atom stereocenters. The number of aliphatic imine (C=N–C) groups is 1. The minimum atomic E-state index is -3.09. The Kier molecular flexibility index (Phi) is 9.91. The summed E-state index contributed by atoms with van der Waals surface area (Å²) >= 11 is 0. The lowest BCUT2D eigenvalue weighted by molar-refractivity contribution is 0.271. The molecule has 0 spiro atoms. The van der Waals surface area contributed by atoms with Gasteiger partial charge in [-0.25, -0.2) is 12.7 Å². The van der Waals surface area contributed by atoms with Gasteiger partial charge in [-0.2, -0.15) is 0 Å². The second-order valence-corrected chi connectivity index (χ2v) is 10.3. The minimum absolute atomic E-state index is 0.167. The van der Waals surface area contributed by atoms with E-state index in [4.69, 9.17) is 9.73 Å². The molecule has 7 nitrogen and oxygen atoms in total. The first-order chi connectivity index (χ1) is 14.3. The molecule has 1 fully saturated rings. The van der Waals surface area contributed by atoms with Crippen molar-refractivity contribution in [1.29, 1.82) is 0 Å². The maximum absolute atomic E-state index is 12.0. The molecule has 1 saturated heterocycles. The van der Waals surface area contributed by atoms with Crippen LogP contribution in [0.25, 0.3) is 0 Å². The van der Waals surface area contributed by atoms with E-state index in [9.17, 15) is 8.42 Å². The molecular weight excluding hydrogens is 400 g/mol. The first-order valence-electron chi connectivity index (χ1n) is 11.1. The number of hydrogen-bond acceptors (Lipinski definition) is 4. The van der Waals surface area contributed by atoms with Crippen molar-refractivity contribution in [2.75, 3.05) is 38.5 Å². The average Bonchev–Trinajstić information content (AvgIpc) is 2.73. The van der Waals surface area contributed by atoms with Crippen molar-refractivity contribution in [2.24, 2.45) is 10.9 Å². The van der Waals surface area contributed by atoms with Gasteiger partial charge in [0.2, 0.25) is 10.0 Å². The van der Waals surface area contributed by atoms with Crippen molar-refractivity contribution in [3.05, 3.63) is 29.8 Å². The lowest BCUT2D eigenvalue weighted by Crippen LogP contribution is -2.50. The molecule has 1 heterocycles. The van der Waals surface area contributed by atoms with E-state index >= 15 is 0 Å². The van der Waals surface area contributed by atoms with Gasteiger partial charge in [-0.3, -0.25) is 4.99 Å². The third-order valence-corrected chi connectivity index (χ3v) is 6.96. The van der Waals surface area contributed by atoms with E-state index in [0.717, 1.165) is 44.1 Å². The van der Waals surface area contributed by atoms with E-state index in [-0.39, 0.29) is 11.8 Å². The second kappa shape index (κ2) is 12.2. The molecule has 0 amide bonds. The van der Waals surface area contributed by atoms with Gasteiger partial charge in [0.05, 0.1) is 12.4 Å². The van der Waals surface area contributed by atoms with Crippen LogP contribution in [0.15, 0.2) is 29.3 Å². The van der Waals surface area contributed by atoms with Crippen molar-refractivity contribution in [1.82, 2.24) is 14.9 Å². The number of ether oxygens (including phenoxy) is 1. The van der Waals surface area contributed by atoms with Crippen LogP contribution >= 0.6 is 0 Å². The van der Waals surface area contributed by atoms with Crippen LogP contribution in [0.2, 0.25) is 0 Å². The molecule has 0 aliphatic carbocycles. The lowest BCUT2D eigenvalue weighted by Gasteiger charge is -2.32. The molecule has 0 saturated carbocycles. The van der Waals surface area contributed by atoms with Gasteiger partial charge in [0, 0.05) is 32.2 Å². The standard InChI is InChI=1S/C22H38N4O3S/c1-5-23-22(25-20-12-15-26(16-13-20)30(27,28)6-2)24-14-11-19-7-9-21(10-8-19)29-17-18(3)4/h7-10,18,20H,5-6,11-17H2,1-4H3,(H2,23,24,25). The topological polar surface area (TPSA) is 83.0 Å². The van der Waals surface area contributed by atoms with Crippen molar-refractivity contribution in [3.8, 4) is 5.75 Å². The summed E-state index contributed by atoms with van der Waals surface area (Å²) in [6.07, 6.45) is 2.44. The highest BCUT2D eigenvalue weighted by Gasteiger charge is 2.26. The Hall–Kier alpha value is -1.80. The predicted octanol–water partition coefficient (Wildman–Crippen LogP) is 2.63. The molecule has 2 N–H and O–H groups in total. The van der Waals surface area contributed by atoms with Crippen LogP contribution in [0, 0.1) is 5.92 Å². The maximum atomic E-state index is 12.0. The van der Waals surface area contributed by atoms with E-state index in [1.54, 1.807) is 11.2 Å². The summed E-state index contributed by atoms with van der Waals surface area (Å²) < 4.78 is 31.4. The van der Waals surface area contributed by atoms with E-state index in [1.165, 1.54) is 5.56 Å². The maximum Gasteiger partial charge on any atom is 0.213 e. The number of nitrogens with zero attached hydrogens (tertiary/aromatic N) is 2. The first-order valence-corrected chi connectivity index (χ1v) is 12.7. The SMILES string of the molecule is CCNC(=NCCc1ccc(OCC(C)C)cc1)NC1CCN(S(=O)(=O)CC)CC1. The number of rotatable bonds is 10. The number of nitrogens with one attached hydrogen (secondary N) is 2. The van der Waals surface area contributed by atoms with Crippen LogP contribution in [0.3, 0.4) is 0 Å². The van der Waals surface area contributed by atoms with Gasteiger partial charge >= 0.3 is 0 Å². The Bertz CT molecular complexity index is 755. The third kappa shape index (κ3) is 8.14. The Morgan fingerprint density at radius 1 is 1.20 bits per heavy atom. The summed E-state index contributed by atoms with van der Waals surface area (Å²) in [5.41, 5.74) is 1.23. The molecule has 1 aliphatic heterocycles. The molecule has 1 aromatic rings. The van der Waals surface area contributed by atoms with Crippen molar-refractivity contribution >= 4 is 16.0 Å². The fraction of sp³-hybridized carbons (Fsp3) is 0.682. The quantitative estimate of drug-likeness (QED) is 0.433. The zero-order valence-corrected chi connectivity index (χ0v) is 19.7. The largest absolute Gasteiger partial charge is 0.493 e. The molecular formula is C22H38N4O3S. The molecule has 0 unspecified atom stereocenters. The van der Waals surface area contributed by atoms with Crippen LogP contribution in [-0.2, 0) is 16.4 Å². The van der Waals surface area contributed by atoms with Crippen molar-refractivity contribution in [3.63, 3.8) is 0 Å². The smallest absolute Gasteiger partial charge is 0.213 e. The van der Waals surface area contributed by atoms with Crippen molar-refractivity contribution in [2.45, 2.75) is 53.0 Å². The zero-order valence-electron chi connectivity index (χ0n) is 18.9. The fourth-order valence-electron chi connectivity index (χ4n) is 3.29. The van der Waals surface area contributed by atoms with Gasteiger partial charge in [-0.1, -0.05) is 26.0 Å². The number of benzene rings is 1. The lowest BCUT2D eigenvalue weighted by atomic mass is 10.1. The van der Waals surface area contributed by atoms with Gasteiger partial charge in [-0.05, 0) is 56.7 Å². The van der Waals surface area contributed by atoms with Crippen LogP contribution < -0.4 is 15.4 Å². The molecule has 0 bridgehead atoms. The third-order valence-electron chi connectivity index (χ3n) is 5.07. The average molecular weight is 439 g/mol. The summed E-state index contributed by atoms with van der Waals surface area (Å²) in [4.78, 5) is 4.70. The highest BCUT2D eigenvalue weighted by atomic mass is 32.2. The van der Waals surface area contributed by atoms with Crippen molar-refractivity contribution < 1.29 is 13.2 Å². The molecule has 170 valence electrons. The number of guanidine groups is 1. The highest BCUT2D eigenvalue weighted by Crippen LogP contribution is 2.15. The van der Waals surface area contributed by atoms with Crippen LogP contribution in [0.4, 0.5) is 0 Å². The molecule has 1 aliphatic rings. The van der Waals surface area contributed by atoms with Crippen LogP contribution in [-0.4, -0.2) is 63.3 Å². The van der Waals surface area contributed by atoms with Gasteiger partial charge in [0.25, 0.3) is 0 Å². The van der Waals surface area contributed by atoms with E-state index in [2.05, 4.69) is 36.6 Å². The molecule has 30 heavy (non-hydrogen) atoms. The molecule has 1 aromatic carbocycles. The Balaban J connectivity index is 1.82. The molecule has 0 aromatic heterocycles. The van der Waals surface area contributed by atoms with Gasteiger partial charge in [0.15, 0.2) is 5.96 Å².